The fraction of sp³-hybridized carbons (Fsp3) is 0.857. The normalized spacial score (nSPS) is 9.09. The molecule has 0 aromatic heterocycles. The van der Waals surface area contributed by atoms with Gasteiger partial charge < -0.3 is 59.5 Å². The van der Waals surface area contributed by atoms with Gasteiger partial charge in [-0.3, -0.25) is 0 Å². The zero-order chi connectivity index (χ0) is 16.3. The second-order valence-corrected chi connectivity index (χ2v) is 7.46. The molecule has 8 heteroatoms. The molecule has 0 radical (unpaired) electrons. The summed E-state index contributed by atoms with van der Waals surface area (Å²) in [5.74, 6) is 1.26. The summed E-state index contributed by atoms with van der Waals surface area (Å²) in [5, 5.41) is 0. The molecule has 0 rings (SSSR count). The van der Waals surface area contributed by atoms with Gasteiger partial charge in [0.1, 0.15) is 0 Å². The zero-order valence-corrected chi connectivity index (χ0v) is 24.1. The van der Waals surface area contributed by atoms with E-state index in [9.17, 15) is 0 Å². The van der Waals surface area contributed by atoms with Crippen LogP contribution in [-0.2, 0) is 64.2 Å². The van der Waals surface area contributed by atoms with Crippen molar-refractivity contribution in [2.45, 2.75) is 41.5 Å². The summed E-state index contributed by atoms with van der Waals surface area (Å²) in [6.07, 6.45) is 0. The molecule has 0 aromatic carbocycles. The number of hydrogen-bond acceptors (Lipinski definition) is 4. The maximum absolute atomic E-state index is 4.99. The molecule has 0 fully saturated rings. The van der Waals surface area contributed by atoms with E-state index >= 15 is 0 Å². The predicted octanol–water partition coefficient (Wildman–Crippen LogP) is 3.59. The predicted molar refractivity (Wildman–Crippen MR) is 104 cm³/mol. The Hall–Kier alpha value is 1.47. The standard InChI is InChI=1S/C9H19NS2.C5H11NS2.2Zn/c1-7(2)5-10(9(11)12)6-8(3)4;1-3-6(4-2)5(7)8;;/h7-8H,5-6H2,1-4H3,(H,11,12);3-4H2,1-2H3,(H,7,8);;/q;;2*+2/p-2. The molecule has 0 heterocycles. The Kier molecular flexibility index (Phi) is 26.7. The first kappa shape index (κ1) is 31.3. The molecule has 0 bridgehead atoms. The molecule has 0 amide bonds. The van der Waals surface area contributed by atoms with E-state index in [4.69, 9.17) is 49.7 Å². The van der Waals surface area contributed by atoms with E-state index < -0.39 is 0 Å². The van der Waals surface area contributed by atoms with Gasteiger partial charge in [0.2, 0.25) is 0 Å². The monoisotopic (exact) mass is 480 g/mol. The third-order valence-electron chi connectivity index (χ3n) is 2.45. The van der Waals surface area contributed by atoms with Crippen LogP contribution >= 0.6 is 24.4 Å². The molecule has 0 spiro atoms. The maximum Gasteiger partial charge on any atom is 2.00 e. The van der Waals surface area contributed by atoms with E-state index in [0.717, 1.165) is 26.2 Å². The first-order valence-electron chi connectivity index (χ1n) is 7.07. The van der Waals surface area contributed by atoms with Crippen molar-refractivity contribution < 1.29 is 39.0 Å². The molecule has 0 unspecified atom stereocenters. The van der Waals surface area contributed by atoms with Crippen molar-refractivity contribution in [3.63, 3.8) is 0 Å². The topological polar surface area (TPSA) is 6.48 Å². The van der Waals surface area contributed by atoms with Crippen molar-refractivity contribution in [2.75, 3.05) is 26.2 Å². The van der Waals surface area contributed by atoms with Crippen LogP contribution in [0.3, 0.4) is 0 Å². The van der Waals surface area contributed by atoms with Gasteiger partial charge in [0.05, 0.1) is 0 Å². The van der Waals surface area contributed by atoms with Crippen molar-refractivity contribution in [3.05, 3.63) is 0 Å². The quantitative estimate of drug-likeness (QED) is 0.322. The number of rotatable bonds is 6. The van der Waals surface area contributed by atoms with Crippen LogP contribution in [0.4, 0.5) is 0 Å². The van der Waals surface area contributed by atoms with Crippen molar-refractivity contribution >= 4 is 58.3 Å². The van der Waals surface area contributed by atoms with Crippen LogP contribution in [0.25, 0.3) is 0 Å². The minimum Gasteiger partial charge on any atom is -0.411 e. The van der Waals surface area contributed by atoms with E-state index in [1.807, 2.05) is 18.7 Å². The summed E-state index contributed by atoms with van der Waals surface area (Å²) in [4.78, 5) is 4.07. The van der Waals surface area contributed by atoms with E-state index in [-0.39, 0.29) is 39.0 Å². The minimum atomic E-state index is 0. The fourth-order valence-electron chi connectivity index (χ4n) is 1.59. The van der Waals surface area contributed by atoms with E-state index in [0.29, 0.717) is 20.5 Å². The molecule has 0 aliphatic rings. The van der Waals surface area contributed by atoms with Gasteiger partial charge in [-0.25, -0.2) is 0 Å². The number of thiocarbonyl (C=S) groups is 2. The molecule has 0 aliphatic carbocycles. The zero-order valence-electron chi connectivity index (χ0n) is 14.9. The van der Waals surface area contributed by atoms with Crippen molar-refractivity contribution in [1.82, 2.24) is 9.80 Å². The molecule has 22 heavy (non-hydrogen) atoms. The second kappa shape index (κ2) is 18.8. The third kappa shape index (κ3) is 19.5. The Labute approximate surface area is 185 Å². The van der Waals surface area contributed by atoms with E-state index in [1.54, 1.807) is 0 Å². The van der Waals surface area contributed by atoms with Gasteiger partial charge in [-0.1, -0.05) is 36.3 Å². The molecular weight excluding hydrogens is 455 g/mol. The Morgan fingerprint density at radius 1 is 0.773 bits per heavy atom. The Morgan fingerprint density at radius 2 is 1.05 bits per heavy atom. The molecule has 0 saturated carbocycles. The molecule has 0 N–H and O–H groups in total. The molecule has 0 aromatic rings. The molecule has 120 valence electrons. The number of nitrogens with zero attached hydrogens (tertiary/aromatic N) is 2. The summed E-state index contributed by atoms with van der Waals surface area (Å²) >= 11 is 19.5. The largest absolute Gasteiger partial charge is 2.00 e. The van der Waals surface area contributed by atoms with Crippen LogP contribution in [0.2, 0.25) is 0 Å². The van der Waals surface area contributed by atoms with Gasteiger partial charge in [-0.2, -0.15) is 0 Å². The Balaban J connectivity index is -0.000000144. The van der Waals surface area contributed by atoms with Crippen LogP contribution in [-0.4, -0.2) is 44.6 Å². The van der Waals surface area contributed by atoms with E-state index in [2.05, 4.69) is 32.6 Å². The average molecular weight is 483 g/mol. The van der Waals surface area contributed by atoms with Crippen LogP contribution in [0, 0.1) is 11.8 Å². The van der Waals surface area contributed by atoms with E-state index in [1.165, 1.54) is 0 Å². The SMILES string of the molecule is CC(C)CN(CC(C)C)C(=S)[S-].CCN(CC)C(=S)[S-].[Zn+2].[Zn+2]. The van der Waals surface area contributed by atoms with Gasteiger partial charge in [0.15, 0.2) is 0 Å². The summed E-state index contributed by atoms with van der Waals surface area (Å²) in [6.45, 7) is 16.6. The van der Waals surface area contributed by atoms with Gasteiger partial charge in [-0.05, 0) is 25.7 Å². The smallest absolute Gasteiger partial charge is 0.411 e. The van der Waals surface area contributed by atoms with Crippen LogP contribution < -0.4 is 0 Å². The van der Waals surface area contributed by atoms with Gasteiger partial charge in [-0.15, -0.1) is 0 Å². The Morgan fingerprint density at radius 3 is 1.14 bits per heavy atom. The summed E-state index contributed by atoms with van der Waals surface area (Å²) in [6, 6.07) is 0. The Bertz CT molecular complexity index is 276. The first-order valence-corrected chi connectivity index (χ1v) is 8.70. The average Bonchev–Trinajstić information content (AvgIpc) is 2.28. The summed E-state index contributed by atoms with van der Waals surface area (Å²) in [7, 11) is 0. The first-order chi connectivity index (χ1) is 9.15. The van der Waals surface area contributed by atoms with Gasteiger partial charge in [0.25, 0.3) is 0 Å². The molecule has 0 aliphatic heterocycles. The summed E-state index contributed by atoms with van der Waals surface area (Å²) < 4.78 is 1.19. The summed E-state index contributed by atoms with van der Waals surface area (Å²) in [5.41, 5.74) is 0. The van der Waals surface area contributed by atoms with Gasteiger partial charge >= 0.3 is 39.0 Å². The van der Waals surface area contributed by atoms with Gasteiger partial charge in [0, 0.05) is 26.2 Å². The number of hydrogen-bond donors (Lipinski definition) is 0. The third-order valence-corrected chi connectivity index (χ3v) is 3.48. The minimum absolute atomic E-state index is 0. The molecule has 2 nitrogen and oxygen atoms in total. The van der Waals surface area contributed by atoms with Crippen molar-refractivity contribution in [3.8, 4) is 0 Å². The van der Waals surface area contributed by atoms with Crippen molar-refractivity contribution in [1.29, 1.82) is 0 Å². The van der Waals surface area contributed by atoms with Crippen LogP contribution in [0.5, 0.6) is 0 Å². The van der Waals surface area contributed by atoms with Crippen LogP contribution in [0.15, 0.2) is 0 Å². The van der Waals surface area contributed by atoms with Crippen LogP contribution in [0.1, 0.15) is 41.5 Å². The van der Waals surface area contributed by atoms with Crippen molar-refractivity contribution in [2.24, 2.45) is 11.8 Å². The fourth-order valence-corrected chi connectivity index (χ4v) is 2.40. The molecule has 0 saturated heterocycles. The second-order valence-electron chi connectivity index (χ2n) is 5.40. The molecule has 0 atom stereocenters. The maximum atomic E-state index is 4.99. The molecular formula is C14H28N2S4Zn2+2.